The third-order valence-corrected chi connectivity index (χ3v) is 3.45. The van der Waals surface area contributed by atoms with Crippen molar-refractivity contribution in [2.45, 2.75) is 19.4 Å². The molecule has 2 rings (SSSR count). The first kappa shape index (κ1) is 15.3. The Morgan fingerprint density at radius 1 is 1.29 bits per heavy atom. The van der Waals surface area contributed by atoms with Gasteiger partial charge in [0.25, 0.3) is 5.69 Å². The Bertz CT molecular complexity index is 676. The van der Waals surface area contributed by atoms with Crippen LogP contribution in [0.5, 0.6) is 5.75 Å². The van der Waals surface area contributed by atoms with E-state index in [2.05, 4.69) is 0 Å². The maximum absolute atomic E-state index is 13.1. The fraction of sp³-hybridized carbons (Fsp3) is 0.200. The lowest BCUT2D eigenvalue weighted by Gasteiger charge is -2.11. The third-order valence-electron chi connectivity index (χ3n) is 3.16. The van der Waals surface area contributed by atoms with Crippen molar-refractivity contribution in [1.29, 1.82) is 0 Å². The van der Waals surface area contributed by atoms with Gasteiger partial charge in [0, 0.05) is 17.2 Å². The maximum atomic E-state index is 13.1. The second-order valence-electron chi connectivity index (χ2n) is 4.49. The number of hydrogen-bond acceptors (Lipinski definition) is 3. The molecule has 0 fully saturated rings. The molecular formula is C15H13ClFNO3. The van der Waals surface area contributed by atoms with Crippen LogP contribution in [0.25, 0.3) is 0 Å². The molecule has 21 heavy (non-hydrogen) atoms. The average molecular weight is 310 g/mol. The van der Waals surface area contributed by atoms with Gasteiger partial charge in [-0.25, -0.2) is 4.39 Å². The molecule has 0 N–H and O–H groups in total. The molecule has 0 spiro atoms. The van der Waals surface area contributed by atoms with E-state index < -0.39 is 4.92 Å². The highest BCUT2D eigenvalue weighted by Crippen LogP contribution is 2.25. The third kappa shape index (κ3) is 3.49. The van der Waals surface area contributed by atoms with Crippen LogP contribution in [0.2, 0.25) is 0 Å². The topological polar surface area (TPSA) is 52.4 Å². The Morgan fingerprint density at radius 3 is 2.71 bits per heavy atom. The zero-order chi connectivity index (χ0) is 15.4. The number of alkyl halides is 1. The van der Waals surface area contributed by atoms with E-state index in [1.54, 1.807) is 19.1 Å². The van der Waals surface area contributed by atoms with Crippen molar-refractivity contribution < 1.29 is 14.1 Å². The first-order valence-corrected chi connectivity index (χ1v) is 6.76. The van der Waals surface area contributed by atoms with Crippen LogP contribution in [0.15, 0.2) is 36.4 Å². The lowest BCUT2D eigenvalue weighted by atomic mass is 10.1. The number of nitrogens with zero attached hydrogens (tertiary/aromatic N) is 1. The minimum Gasteiger partial charge on any atom is -0.489 e. The first-order valence-electron chi connectivity index (χ1n) is 6.23. The van der Waals surface area contributed by atoms with Gasteiger partial charge in [-0.3, -0.25) is 10.1 Å². The van der Waals surface area contributed by atoms with Gasteiger partial charge in [-0.1, -0.05) is 12.1 Å². The normalized spacial score (nSPS) is 10.4. The Hall–Kier alpha value is -2.14. The Balaban J connectivity index is 2.21. The maximum Gasteiger partial charge on any atom is 0.272 e. The largest absolute Gasteiger partial charge is 0.489 e. The Kier molecular flexibility index (Phi) is 4.75. The predicted octanol–water partition coefficient (Wildman–Crippen LogP) is 4.36. The van der Waals surface area contributed by atoms with Gasteiger partial charge in [0.05, 0.1) is 10.8 Å². The summed E-state index contributed by atoms with van der Waals surface area (Å²) in [7, 11) is 0. The molecule has 4 nitrogen and oxygen atoms in total. The molecule has 0 aromatic heterocycles. The first-order chi connectivity index (χ1) is 10.0. The number of hydrogen-bond donors (Lipinski definition) is 0. The number of nitro benzene ring substituents is 1. The van der Waals surface area contributed by atoms with Crippen molar-refractivity contribution in [3.63, 3.8) is 0 Å². The molecule has 0 saturated heterocycles. The fourth-order valence-electron chi connectivity index (χ4n) is 1.97. The van der Waals surface area contributed by atoms with Crippen LogP contribution >= 0.6 is 11.6 Å². The van der Waals surface area contributed by atoms with Gasteiger partial charge in [-0.2, -0.15) is 0 Å². The summed E-state index contributed by atoms with van der Waals surface area (Å²) in [5.74, 6) is 0.211. The molecule has 0 bridgehead atoms. The smallest absolute Gasteiger partial charge is 0.272 e. The van der Waals surface area contributed by atoms with Crippen molar-refractivity contribution in [3.8, 4) is 5.75 Å². The summed E-state index contributed by atoms with van der Waals surface area (Å²) in [4.78, 5) is 10.5. The molecule has 2 aromatic rings. The number of benzene rings is 2. The molecule has 110 valence electrons. The number of rotatable bonds is 5. The zero-order valence-corrected chi connectivity index (χ0v) is 12.1. The van der Waals surface area contributed by atoms with E-state index in [1.165, 1.54) is 24.3 Å². The second kappa shape index (κ2) is 6.54. The summed E-state index contributed by atoms with van der Waals surface area (Å²) >= 11 is 5.75. The van der Waals surface area contributed by atoms with Gasteiger partial charge in [-0.15, -0.1) is 11.6 Å². The van der Waals surface area contributed by atoms with E-state index in [0.717, 1.165) is 0 Å². The van der Waals surface area contributed by atoms with Crippen LogP contribution < -0.4 is 4.74 Å². The lowest BCUT2D eigenvalue weighted by molar-refractivity contribution is -0.385. The highest BCUT2D eigenvalue weighted by atomic mass is 35.5. The van der Waals surface area contributed by atoms with Crippen molar-refractivity contribution in [2.75, 3.05) is 0 Å². The molecular weight excluding hydrogens is 297 g/mol. The summed E-state index contributed by atoms with van der Waals surface area (Å²) in [6, 6.07) is 8.90. The predicted molar refractivity (Wildman–Crippen MR) is 78.1 cm³/mol. The second-order valence-corrected chi connectivity index (χ2v) is 4.76. The SMILES string of the molecule is Cc1c(COc2ccc(F)cc2CCl)cccc1[N+](=O)[O-]. The van der Waals surface area contributed by atoms with Crippen LogP contribution in [0.1, 0.15) is 16.7 Å². The van der Waals surface area contributed by atoms with Gasteiger partial charge >= 0.3 is 0 Å². The van der Waals surface area contributed by atoms with Crippen molar-refractivity contribution in [1.82, 2.24) is 0 Å². The van der Waals surface area contributed by atoms with E-state index in [9.17, 15) is 14.5 Å². The van der Waals surface area contributed by atoms with Gasteiger partial charge in [0.2, 0.25) is 0 Å². The van der Waals surface area contributed by atoms with Crippen LogP contribution in [-0.2, 0) is 12.5 Å². The number of nitro groups is 1. The molecule has 2 aromatic carbocycles. The summed E-state index contributed by atoms with van der Waals surface area (Å²) in [5.41, 5.74) is 1.85. The minimum atomic E-state index is -0.430. The van der Waals surface area contributed by atoms with E-state index in [-0.39, 0.29) is 24.0 Å². The molecule has 0 atom stereocenters. The average Bonchev–Trinajstić information content (AvgIpc) is 2.46. The summed E-state index contributed by atoms with van der Waals surface area (Å²) < 4.78 is 18.7. The summed E-state index contributed by atoms with van der Waals surface area (Å²) in [6.45, 7) is 1.83. The van der Waals surface area contributed by atoms with Crippen LogP contribution in [0.3, 0.4) is 0 Å². The van der Waals surface area contributed by atoms with Crippen molar-refractivity contribution in [2.24, 2.45) is 0 Å². The van der Waals surface area contributed by atoms with Crippen LogP contribution in [-0.4, -0.2) is 4.92 Å². The molecule has 0 unspecified atom stereocenters. The van der Waals surface area contributed by atoms with Gasteiger partial charge in [-0.05, 0) is 30.7 Å². The van der Waals surface area contributed by atoms with E-state index in [0.29, 0.717) is 22.4 Å². The molecule has 0 heterocycles. The molecule has 0 aliphatic carbocycles. The van der Waals surface area contributed by atoms with E-state index in [4.69, 9.17) is 16.3 Å². The monoisotopic (exact) mass is 309 g/mol. The molecule has 6 heteroatoms. The summed E-state index contributed by atoms with van der Waals surface area (Å²) in [5, 5.41) is 10.9. The highest BCUT2D eigenvalue weighted by Gasteiger charge is 2.14. The molecule has 0 amide bonds. The number of halogens is 2. The van der Waals surface area contributed by atoms with Crippen molar-refractivity contribution in [3.05, 3.63) is 69.0 Å². The van der Waals surface area contributed by atoms with Crippen LogP contribution in [0.4, 0.5) is 10.1 Å². The van der Waals surface area contributed by atoms with Gasteiger partial charge in [0.15, 0.2) is 0 Å². The van der Waals surface area contributed by atoms with Gasteiger partial charge in [0.1, 0.15) is 18.2 Å². The lowest BCUT2D eigenvalue weighted by Crippen LogP contribution is -2.02. The van der Waals surface area contributed by atoms with Crippen molar-refractivity contribution >= 4 is 17.3 Å². The fourth-order valence-corrected chi connectivity index (χ4v) is 2.18. The van der Waals surface area contributed by atoms with Crippen LogP contribution in [0, 0.1) is 22.9 Å². The molecule has 0 saturated carbocycles. The Morgan fingerprint density at radius 2 is 2.05 bits per heavy atom. The van der Waals surface area contributed by atoms with E-state index in [1.807, 2.05) is 0 Å². The molecule has 0 aliphatic heterocycles. The minimum absolute atomic E-state index is 0.0489. The standard InChI is InChI=1S/C15H13ClFNO3/c1-10-11(3-2-4-14(10)18(19)20)9-21-15-6-5-13(17)7-12(15)8-16/h2-7H,8-9H2,1H3. The molecule has 0 aliphatic rings. The Labute approximate surface area is 126 Å². The summed E-state index contributed by atoms with van der Waals surface area (Å²) in [6.07, 6.45) is 0. The molecule has 0 radical (unpaired) electrons. The van der Waals surface area contributed by atoms with E-state index >= 15 is 0 Å². The quantitative estimate of drug-likeness (QED) is 0.468. The number of ether oxygens (including phenoxy) is 1. The van der Waals surface area contributed by atoms with Gasteiger partial charge < -0.3 is 4.74 Å². The zero-order valence-electron chi connectivity index (χ0n) is 11.3. The highest BCUT2D eigenvalue weighted by molar-refractivity contribution is 6.17.